The van der Waals surface area contributed by atoms with Gasteiger partial charge in [0.15, 0.2) is 0 Å². The number of aromatic nitrogens is 1. The smallest absolute Gasteiger partial charge is 0.222 e. The van der Waals surface area contributed by atoms with E-state index in [1.54, 1.807) is 0 Å². The molecule has 0 fully saturated rings. The minimum Gasteiger partial charge on any atom is -0.352 e. The van der Waals surface area contributed by atoms with Gasteiger partial charge >= 0.3 is 0 Å². The zero-order valence-electron chi connectivity index (χ0n) is 13.9. The van der Waals surface area contributed by atoms with Crippen LogP contribution in [0, 0.1) is 6.92 Å². The van der Waals surface area contributed by atoms with Gasteiger partial charge in [-0.1, -0.05) is 60.2 Å². The van der Waals surface area contributed by atoms with Gasteiger partial charge in [0.1, 0.15) is 0 Å². The Bertz CT molecular complexity index is 761. The van der Waals surface area contributed by atoms with E-state index >= 15 is 0 Å². The first-order chi connectivity index (χ1) is 11.7. The lowest BCUT2D eigenvalue weighted by molar-refractivity contribution is -0.121. The van der Waals surface area contributed by atoms with E-state index in [1.807, 2.05) is 54.9 Å². The summed E-state index contributed by atoms with van der Waals surface area (Å²) < 4.78 is 2.09. The molecular weight excluding hydrogens is 296 g/mol. The summed E-state index contributed by atoms with van der Waals surface area (Å²) in [5.74, 6) is 0.0538. The van der Waals surface area contributed by atoms with Crippen molar-refractivity contribution in [3.05, 3.63) is 95.8 Å². The number of benzene rings is 2. The van der Waals surface area contributed by atoms with E-state index in [2.05, 4.69) is 41.1 Å². The van der Waals surface area contributed by atoms with Crippen molar-refractivity contribution >= 4 is 5.91 Å². The van der Waals surface area contributed by atoms with Crippen LogP contribution in [-0.4, -0.2) is 10.5 Å². The predicted octanol–water partition coefficient (Wildman–Crippen LogP) is 4.09. The third-order valence-electron chi connectivity index (χ3n) is 4.16. The van der Waals surface area contributed by atoms with Gasteiger partial charge in [-0.25, -0.2) is 0 Å². The Balaban J connectivity index is 1.70. The number of carbonyl (C=O) groups excluding carboxylic acids is 1. The van der Waals surface area contributed by atoms with Crippen molar-refractivity contribution in [1.82, 2.24) is 9.88 Å². The maximum atomic E-state index is 12.4. The highest BCUT2D eigenvalue weighted by Gasteiger charge is 2.17. The first-order valence-electron chi connectivity index (χ1n) is 8.22. The number of aryl methyl sites for hydroxylation is 1. The third-order valence-corrected chi connectivity index (χ3v) is 4.16. The summed E-state index contributed by atoms with van der Waals surface area (Å²) >= 11 is 0. The molecular formula is C21H22N2O. The van der Waals surface area contributed by atoms with Crippen molar-refractivity contribution in [2.24, 2.45) is 0 Å². The zero-order chi connectivity index (χ0) is 16.8. The van der Waals surface area contributed by atoms with Crippen LogP contribution in [-0.2, 0) is 11.3 Å². The molecule has 0 saturated heterocycles. The molecule has 0 aliphatic rings. The summed E-state index contributed by atoms with van der Waals surface area (Å²) in [6.45, 7) is 2.63. The van der Waals surface area contributed by atoms with Crippen LogP contribution in [0.2, 0.25) is 0 Å². The predicted molar refractivity (Wildman–Crippen MR) is 96.7 cm³/mol. The largest absolute Gasteiger partial charge is 0.352 e. The van der Waals surface area contributed by atoms with E-state index in [0.717, 1.165) is 11.1 Å². The van der Waals surface area contributed by atoms with Crippen molar-refractivity contribution in [3.63, 3.8) is 0 Å². The van der Waals surface area contributed by atoms with Gasteiger partial charge in [-0.2, -0.15) is 0 Å². The molecule has 1 amide bonds. The Labute approximate surface area is 143 Å². The first-order valence-corrected chi connectivity index (χ1v) is 8.22. The molecule has 0 spiro atoms. The second-order valence-corrected chi connectivity index (χ2v) is 6.02. The molecule has 0 radical (unpaired) electrons. The van der Waals surface area contributed by atoms with Crippen LogP contribution >= 0.6 is 0 Å². The van der Waals surface area contributed by atoms with Crippen LogP contribution in [0.25, 0.3) is 0 Å². The van der Waals surface area contributed by atoms with Crippen molar-refractivity contribution in [1.29, 1.82) is 0 Å². The van der Waals surface area contributed by atoms with Gasteiger partial charge in [0.2, 0.25) is 5.91 Å². The molecule has 24 heavy (non-hydrogen) atoms. The minimum atomic E-state index is 0.0105. The third kappa shape index (κ3) is 4.13. The second kappa shape index (κ2) is 7.64. The maximum Gasteiger partial charge on any atom is 0.222 e. The molecule has 1 atom stereocenters. The summed E-state index contributed by atoms with van der Waals surface area (Å²) in [4.78, 5) is 12.4. The molecule has 0 unspecified atom stereocenters. The summed E-state index contributed by atoms with van der Waals surface area (Å²) in [6, 6.07) is 22.4. The van der Waals surface area contributed by atoms with E-state index in [1.165, 1.54) is 5.56 Å². The molecule has 3 rings (SSSR count). The molecule has 0 saturated carbocycles. The molecule has 3 aromatic rings. The number of hydrogen-bond donors (Lipinski definition) is 1. The second-order valence-electron chi connectivity index (χ2n) is 6.02. The fourth-order valence-corrected chi connectivity index (χ4v) is 2.78. The Morgan fingerprint density at radius 3 is 2.29 bits per heavy atom. The van der Waals surface area contributed by atoms with Gasteiger partial charge < -0.3 is 9.88 Å². The number of rotatable bonds is 6. The van der Waals surface area contributed by atoms with E-state index in [-0.39, 0.29) is 11.9 Å². The Morgan fingerprint density at radius 2 is 1.62 bits per heavy atom. The Hall–Kier alpha value is -2.81. The number of nitrogens with zero attached hydrogens (tertiary/aromatic N) is 1. The zero-order valence-corrected chi connectivity index (χ0v) is 13.9. The van der Waals surface area contributed by atoms with E-state index in [4.69, 9.17) is 0 Å². The van der Waals surface area contributed by atoms with Crippen molar-refractivity contribution in [2.45, 2.75) is 25.9 Å². The minimum absolute atomic E-state index is 0.0105. The lowest BCUT2D eigenvalue weighted by Crippen LogP contribution is -2.26. The van der Waals surface area contributed by atoms with E-state index < -0.39 is 0 Å². The highest BCUT2D eigenvalue weighted by molar-refractivity contribution is 5.76. The number of hydrogen-bond acceptors (Lipinski definition) is 1. The van der Waals surface area contributed by atoms with Gasteiger partial charge in [0, 0.05) is 18.9 Å². The first kappa shape index (κ1) is 16.1. The number of amides is 1. The van der Waals surface area contributed by atoms with Crippen molar-refractivity contribution < 1.29 is 4.79 Å². The SMILES string of the molecule is Cc1ccc([C@@H](CC(=O)NCc2ccccc2)n2cccc2)cc1. The van der Waals surface area contributed by atoms with E-state index in [0.29, 0.717) is 13.0 Å². The Kier molecular flexibility index (Phi) is 5.12. The average Bonchev–Trinajstić information content (AvgIpc) is 3.14. The van der Waals surface area contributed by atoms with Crippen LogP contribution in [0.5, 0.6) is 0 Å². The lowest BCUT2D eigenvalue weighted by atomic mass is 10.0. The molecule has 2 aromatic carbocycles. The summed E-state index contributed by atoms with van der Waals surface area (Å²) in [5, 5.41) is 3.02. The molecule has 0 aliphatic carbocycles. The van der Waals surface area contributed by atoms with Crippen LogP contribution in [0.15, 0.2) is 79.1 Å². The van der Waals surface area contributed by atoms with Gasteiger partial charge in [-0.3, -0.25) is 4.79 Å². The average molecular weight is 318 g/mol. The number of nitrogens with one attached hydrogen (secondary N) is 1. The van der Waals surface area contributed by atoms with Gasteiger partial charge in [0.25, 0.3) is 0 Å². The molecule has 3 heteroatoms. The van der Waals surface area contributed by atoms with Gasteiger partial charge in [-0.15, -0.1) is 0 Å². The lowest BCUT2D eigenvalue weighted by Gasteiger charge is -2.19. The highest BCUT2D eigenvalue weighted by atomic mass is 16.1. The molecule has 3 nitrogen and oxygen atoms in total. The summed E-state index contributed by atoms with van der Waals surface area (Å²) in [5.41, 5.74) is 3.48. The highest BCUT2D eigenvalue weighted by Crippen LogP contribution is 2.22. The van der Waals surface area contributed by atoms with Crippen LogP contribution in [0.3, 0.4) is 0 Å². The molecule has 1 N–H and O–H groups in total. The van der Waals surface area contributed by atoms with Gasteiger partial charge in [-0.05, 0) is 30.2 Å². The monoisotopic (exact) mass is 318 g/mol. The van der Waals surface area contributed by atoms with Gasteiger partial charge in [0.05, 0.1) is 12.5 Å². The fourth-order valence-electron chi connectivity index (χ4n) is 2.78. The van der Waals surface area contributed by atoms with E-state index in [9.17, 15) is 4.79 Å². The standard InChI is InChI=1S/C21H22N2O/c1-17-9-11-19(12-10-17)20(23-13-5-6-14-23)15-21(24)22-16-18-7-3-2-4-8-18/h2-14,20H,15-16H2,1H3,(H,22,24)/t20-/m1/s1. The van der Waals surface area contributed by atoms with Crippen LogP contribution in [0.1, 0.15) is 29.2 Å². The molecule has 122 valence electrons. The molecule has 1 heterocycles. The van der Waals surface area contributed by atoms with Crippen molar-refractivity contribution in [2.75, 3.05) is 0 Å². The topological polar surface area (TPSA) is 34.0 Å². The summed E-state index contributed by atoms with van der Waals surface area (Å²) in [6.07, 6.45) is 4.44. The maximum absolute atomic E-state index is 12.4. The fraction of sp³-hybridized carbons (Fsp3) is 0.190. The summed E-state index contributed by atoms with van der Waals surface area (Å²) in [7, 11) is 0. The van der Waals surface area contributed by atoms with Crippen molar-refractivity contribution in [3.8, 4) is 0 Å². The Morgan fingerprint density at radius 1 is 0.958 bits per heavy atom. The van der Waals surface area contributed by atoms with Crippen LogP contribution in [0.4, 0.5) is 0 Å². The number of carbonyl (C=O) groups is 1. The molecule has 0 bridgehead atoms. The molecule has 1 aromatic heterocycles. The normalized spacial score (nSPS) is 11.9. The quantitative estimate of drug-likeness (QED) is 0.729. The van der Waals surface area contributed by atoms with Crippen LogP contribution < -0.4 is 5.32 Å². The molecule has 0 aliphatic heterocycles.